The maximum atomic E-state index is 11.7. The molecule has 0 spiro atoms. The Bertz CT molecular complexity index is 303. The summed E-state index contributed by atoms with van der Waals surface area (Å²) in [4.78, 5) is 0. The summed E-state index contributed by atoms with van der Waals surface area (Å²) in [5.41, 5.74) is 6.15. The van der Waals surface area contributed by atoms with Gasteiger partial charge in [-0.15, -0.1) is 0 Å². The van der Waals surface area contributed by atoms with Crippen LogP contribution in [0.2, 0.25) is 0 Å². The van der Waals surface area contributed by atoms with E-state index in [0.717, 1.165) is 25.7 Å². The lowest BCUT2D eigenvalue weighted by atomic mass is 9.83. The zero-order chi connectivity index (χ0) is 12.8. The lowest BCUT2D eigenvalue weighted by Gasteiger charge is -2.31. The van der Waals surface area contributed by atoms with Gasteiger partial charge in [0.05, 0.1) is 5.75 Å². The Hall–Kier alpha value is -0.0900. The molecule has 0 atom stereocenters. The highest BCUT2D eigenvalue weighted by Crippen LogP contribution is 2.27. The number of sulfone groups is 1. The molecule has 0 saturated heterocycles. The molecular weight excluding hydrogens is 234 g/mol. The fraction of sp³-hybridized carbons (Fsp3) is 1.00. The van der Waals surface area contributed by atoms with Crippen molar-refractivity contribution in [1.29, 1.82) is 0 Å². The summed E-state index contributed by atoms with van der Waals surface area (Å²) in [6.07, 6.45) is 9.47. The van der Waals surface area contributed by atoms with Crippen LogP contribution in [-0.2, 0) is 9.84 Å². The van der Waals surface area contributed by atoms with Crippen LogP contribution >= 0.6 is 0 Å². The van der Waals surface area contributed by atoms with Crippen LogP contribution in [0, 0.1) is 0 Å². The zero-order valence-electron chi connectivity index (χ0n) is 11.1. The summed E-state index contributed by atoms with van der Waals surface area (Å²) >= 11 is 0. The van der Waals surface area contributed by atoms with E-state index >= 15 is 0 Å². The minimum Gasteiger partial charge on any atom is -0.325 e. The van der Waals surface area contributed by atoms with E-state index in [4.69, 9.17) is 5.73 Å². The maximum absolute atomic E-state index is 11.7. The van der Waals surface area contributed by atoms with E-state index in [2.05, 4.69) is 0 Å². The van der Waals surface area contributed by atoms with E-state index in [0.29, 0.717) is 18.6 Å². The van der Waals surface area contributed by atoms with Crippen molar-refractivity contribution in [3.63, 3.8) is 0 Å². The first-order chi connectivity index (χ1) is 7.97. The summed E-state index contributed by atoms with van der Waals surface area (Å²) in [6.45, 7) is 1.91. The van der Waals surface area contributed by atoms with E-state index < -0.39 is 9.84 Å². The predicted octanol–water partition coefficient (Wildman–Crippen LogP) is 2.64. The van der Waals surface area contributed by atoms with E-state index in [1.165, 1.54) is 19.3 Å². The highest BCUT2D eigenvalue weighted by atomic mass is 32.2. The quantitative estimate of drug-likeness (QED) is 0.827. The number of rotatable bonds is 5. The van der Waals surface area contributed by atoms with Gasteiger partial charge in [0.25, 0.3) is 0 Å². The van der Waals surface area contributed by atoms with E-state index in [9.17, 15) is 8.42 Å². The fourth-order valence-electron chi connectivity index (χ4n) is 2.63. The first kappa shape index (κ1) is 15.0. The molecule has 0 aromatic heterocycles. The van der Waals surface area contributed by atoms with E-state index in [1.807, 2.05) is 6.92 Å². The molecule has 1 saturated carbocycles. The number of hydrogen-bond acceptors (Lipinski definition) is 3. The second kappa shape index (κ2) is 6.74. The van der Waals surface area contributed by atoms with Gasteiger partial charge in [-0.1, -0.05) is 39.0 Å². The van der Waals surface area contributed by atoms with Crippen LogP contribution in [0.25, 0.3) is 0 Å². The Morgan fingerprint density at radius 2 is 1.53 bits per heavy atom. The van der Waals surface area contributed by atoms with Crippen LogP contribution in [0.3, 0.4) is 0 Å². The topological polar surface area (TPSA) is 60.2 Å². The molecule has 0 aromatic carbocycles. The smallest absolute Gasteiger partial charge is 0.150 e. The van der Waals surface area contributed by atoms with Crippen molar-refractivity contribution in [3.8, 4) is 0 Å². The van der Waals surface area contributed by atoms with Gasteiger partial charge in [-0.05, 0) is 25.7 Å². The molecule has 1 fully saturated rings. The Kier molecular flexibility index (Phi) is 5.93. The van der Waals surface area contributed by atoms with Gasteiger partial charge < -0.3 is 5.73 Å². The lowest BCUT2D eigenvalue weighted by Crippen LogP contribution is -2.42. The Morgan fingerprint density at radius 1 is 1.00 bits per heavy atom. The molecule has 1 rings (SSSR count). The molecule has 0 aliphatic heterocycles. The van der Waals surface area contributed by atoms with Crippen LogP contribution in [0.5, 0.6) is 0 Å². The molecule has 17 heavy (non-hydrogen) atoms. The summed E-state index contributed by atoms with van der Waals surface area (Å²) in [6, 6.07) is 0. The molecule has 102 valence electrons. The van der Waals surface area contributed by atoms with Crippen molar-refractivity contribution < 1.29 is 8.42 Å². The van der Waals surface area contributed by atoms with E-state index in [-0.39, 0.29) is 11.3 Å². The number of hydrogen-bond donors (Lipinski definition) is 1. The van der Waals surface area contributed by atoms with Gasteiger partial charge in [0.15, 0.2) is 0 Å². The molecule has 0 amide bonds. The summed E-state index contributed by atoms with van der Waals surface area (Å²) in [7, 11) is -2.87. The van der Waals surface area contributed by atoms with Gasteiger partial charge in [-0.25, -0.2) is 8.42 Å². The molecular formula is C13H27NO2S. The van der Waals surface area contributed by atoms with Crippen LogP contribution < -0.4 is 5.73 Å². The third kappa shape index (κ3) is 5.87. The molecule has 1 aliphatic rings. The predicted molar refractivity (Wildman–Crippen MR) is 72.8 cm³/mol. The monoisotopic (exact) mass is 261 g/mol. The molecule has 0 heterocycles. The molecule has 2 N–H and O–H groups in total. The van der Waals surface area contributed by atoms with Gasteiger partial charge in [0, 0.05) is 11.3 Å². The zero-order valence-corrected chi connectivity index (χ0v) is 11.9. The maximum Gasteiger partial charge on any atom is 0.150 e. The second-order valence-corrected chi connectivity index (χ2v) is 7.84. The summed E-state index contributed by atoms with van der Waals surface area (Å²) in [5.74, 6) is 0.584. The highest BCUT2D eigenvalue weighted by molar-refractivity contribution is 7.91. The van der Waals surface area contributed by atoms with Crippen LogP contribution in [0.1, 0.15) is 64.7 Å². The van der Waals surface area contributed by atoms with Gasteiger partial charge in [-0.3, -0.25) is 0 Å². The van der Waals surface area contributed by atoms with Crippen LogP contribution in [0.4, 0.5) is 0 Å². The fourth-order valence-corrected chi connectivity index (χ4v) is 4.17. The number of nitrogens with two attached hydrogens (primary N) is 1. The third-order valence-corrected chi connectivity index (χ3v) is 5.63. The van der Waals surface area contributed by atoms with Gasteiger partial charge in [0.1, 0.15) is 9.84 Å². The van der Waals surface area contributed by atoms with Gasteiger partial charge >= 0.3 is 0 Å². The molecule has 1 aliphatic carbocycles. The van der Waals surface area contributed by atoms with Crippen molar-refractivity contribution in [1.82, 2.24) is 0 Å². The van der Waals surface area contributed by atoms with Crippen molar-refractivity contribution in [3.05, 3.63) is 0 Å². The van der Waals surface area contributed by atoms with Gasteiger partial charge in [-0.2, -0.15) is 0 Å². The average molecular weight is 261 g/mol. The second-order valence-electron chi connectivity index (χ2n) is 5.53. The Balaban J connectivity index is 2.46. The molecule has 0 radical (unpaired) electrons. The van der Waals surface area contributed by atoms with Crippen molar-refractivity contribution in [2.24, 2.45) is 5.73 Å². The Labute approximate surface area is 106 Å². The standard InChI is InChI=1S/C13H27NO2S/c1-2-11-17(15,16)12-10-13(14)8-6-4-3-5-7-9-13/h2-12,14H2,1H3. The minimum absolute atomic E-state index is 0.221. The third-order valence-electron chi connectivity index (χ3n) is 3.78. The SMILES string of the molecule is CCCS(=O)(=O)CCC1(N)CCCCCCC1. The normalized spacial score (nSPS) is 21.8. The van der Waals surface area contributed by atoms with Crippen molar-refractivity contribution in [2.45, 2.75) is 70.3 Å². The first-order valence-electron chi connectivity index (χ1n) is 6.97. The largest absolute Gasteiger partial charge is 0.325 e. The Morgan fingerprint density at radius 3 is 2.06 bits per heavy atom. The molecule has 0 unspecified atom stereocenters. The lowest BCUT2D eigenvalue weighted by molar-refractivity contribution is 0.308. The molecule has 3 nitrogen and oxygen atoms in total. The van der Waals surface area contributed by atoms with Crippen LogP contribution in [-0.4, -0.2) is 25.5 Å². The average Bonchev–Trinajstić information content (AvgIpc) is 2.22. The van der Waals surface area contributed by atoms with Crippen molar-refractivity contribution >= 4 is 9.84 Å². The minimum atomic E-state index is -2.87. The first-order valence-corrected chi connectivity index (χ1v) is 8.79. The summed E-state index contributed by atoms with van der Waals surface area (Å²) < 4.78 is 23.4. The molecule has 0 aromatic rings. The van der Waals surface area contributed by atoms with E-state index in [1.54, 1.807) is 0 Å². The van der Waals surface area contributed by atoms with Crippen molar-refractivity contribution in [2.75, 3.05) is 11.5 Å². The van der Waals surface area contributed by atoms with Crippen LogP contribution in [0.15, 0.2) is 0 Å². The molecule has 0 bridgehead atoms. The van der Waals surface area contributed by atoms with Gasteiger partial charge in [0.2, 0.25) is 0 Å². The molecule has 4 heteroatoms. The summed E-state index contributed by atoms with van der Waals surface area (Å²) in [5, 5.41) is 0. The highest BCUT2D eigenvalue weighted by Gasteiger charge is 2.27.